The van der Waals surface area contributed by atoms with Gasteiger partial charge in [0.15, 0.2) is 0 Å². The summed E-state index contributed by atoms with van der Waals surface area (Å²) < 4.78 is 1.08. The van der Waals surface area contributed by atoms with E-state index in [1.54, 1.807) is 0 Å². The van der Waals surface area contributed by atoms with Crippen LogP contribution in [-0.2, 0) is 0 Å². The molecule has 1 saturated heterocycles. The molecule has 5 heteroatoms. The van der Waals surface area contributed by atoms with Crippen LogP contribution in [0.3, 0.4) is 0 Å². The second-order valence-corrected chi connectivity index (χ2v) is 7.07. The Morgan fingerprint density at radius 1 is 1.52 bits per heavy atom. The van der Waals surface area contributed by atoms with Gasteiger partial charge in [0.05, 0.1) is 0 Å². The Morgan fingerprint density at radius 3 is 2.95 bits per heavy atom. The molecule has 0 amide bonds. The lowest BCUT2D eigenvalue weighted by Crippen LogP contribution is -2.41. The lowest BCUT2D eigenvalue weighted by Gasteiger charge is -2.33. The van der Waals surface area contributed by atoms with Crippen LogP contribution in [0.2, 0.25) is 5.02 Å². The zero-order chi connectivity index (χ0) is 15.4. The van der Waals surface area contributed by atoms with Gasteiger partial charge in [-0.1, -0.05) is 34.5 Å². The van der Waals surface area contributed by atoms with Gasteiger partial charge in [-0.15, -0.1) is 0 Å². The monoisotopic (exact) mass is 373 g/mol. The van der Waals surface area contributed by atoms with Gasteiger partial charge in [-0.2, -0.15) is 0 Å². The summed E-state index contributed by atoms with van der Waals surface area (Å²) in [6.45, 7) is 6.24. The van der Waals surface area contributed by atoms with Crippen molar-refractivity contribution < 1.29 is 0 Å². The molecule has 2 unspecified atom stereocenters. The van der Waals surface area contributed by atoms with Crippen molar-refractivity contribution in [2.45, 2.75) is 31.8 Å². The van der Waals surface area contributed by atoms with E-state index >= 15 is 0 Å². The highest BCUT2D eigenvalue weighted by molar-refractivity contribution is 9.10. The van der Waals surface area contributed by atoms with E-state index in [0.29, 0.717) is 12.6 Å². The summed E-state index contributed by atoms with van der Waals surface area (Å²) in [5, 5.41) is 0.760. The van der Waals surface area contributed by atoms with Gasteiger partial charge in [0.1, 0.15) is 0 Å². The molecule has 0 aliphatic carbocycles. The predicted molar refractivity (Wildman–Crippen MR) is 93.8 cm³/mol. The lowest BCUT2D eigenvalue weighted by molar-refractivity contribution is 0.165. The maximum atomic E-state index is 6.15. The molecule has 21 heavy (non-hydrogen) atoms. The van der Waals surface area contributed by atoms with Crippen molar-refractivity contribution in [1.29, 1.82) is 0 Å². The largest absolute Gasteiger partial charge is 0.329 e. The zero-order valence-corrected chi connectivity index (χ0v) is 15.2. The minimum absolute atomic E-state index is 0.192. The average molecular weight is 375 g/mol. The maximum absolute atomic E-state index is 6.15. The van der Waals surface area contributed by atoms with Crippen LogP contribution in [-0.4, -0.2) is 49.1 Å². The van der Waals surface area contributed by atoms with E-state index in [1.807, 2.05) is 18.2 Å². The molecule has 1 aromatic rings. The molecule has 1 aliphatic rings. The van der Waals surface area contributed by atoms with Crippen LogP contribution >= 0.6 is 27.5 Å². The first-order valence-electron chi connectivity index (χ1n) is 7.66. The molecular weight excluding hydrogens is 350 g/mol. The molecule has 3 nitrogen and oxygen atoms in total. The highest BCUT2D eigenvalue weighted by atomic mass is 79.9. The topological polar surface area (TPSA) is 32.5 Å². The Bertz CT molecular complexity index is 469. The second kappa shape index (κ2) is 7.93. The van der Waals surface area contributed by atoms with E-state index < -0.39 is 0 Å². The van der Waals surface area contributed by atoms with Gasteiger partial charge in [-0.05, 0) is 56.7 Å². The molecule has 2 N–H and O–H groups in total. The number of likely N-dealkylation sites (N-methyl/N-ethyl adjacent to an activating group) is 2. The number of rotatable bonds is 6. The summed E-state index contributed by atoms with van der Waals surface area (Å²) in [6, 6.07) is 6.76. The summed E-state index contributed by atoms with van der Waals surface area (Å²) in [4.78, 5) is 4.94. The first-order valence-corrected chi connectivity index (χ1v) is 8.83. The minimum atomic E-state index is 0.192. The van der Waals surface area contributed by atoms with Gasteiger partial charge in [-0.25, -0.2) is 0 Å². The summed E-state index contributed by atoms with van der Waals surface area (Å²) in [7, 11) is 2.16. The van der Waals surface area contributed by atoms with Crippen molar-refractivity contribution in [3.63, 3.8) is 0 Å². The number of nitrogens with two attached hydrogens (primary N) is 1. The predicted octanol–water partition coefficient (Wildman–Crippen LogP) is 3.52. The quantitative estimate of drug-likeness (QED) is 0.827. The fourth-order valence-corrected chi connectivity index (χ4v) is 3.98. The van der Waals surface area contributed by atoms with E-state index in [1.165, 1.54) is 24.9 Å². The van der Waals surface area contributed by atoms with Crippen molar-refractivity contribution in [3.05, 3.63) is 33.3 Å². The summed E-state index contributed by atoms with van der Waals surface area (Å²) in [5.41, 5.74) is 7.22. The van der Waals surface area contributed by atoms with Crippen LogP contribution in [0.4, 0.5) is 0 Å². The molecule has 2 rings (SSSR count). The molecule has 0 aromatic heterocycles. The van der Waals surface area contributed by atoms with Crippen molar-refractivity contribution in [3.8, 4) is 0 Å². The maximum Gasteiger partial charge on any atom is 0.0479 e. The molecule has 0 radical (unpaired) electrons. The molecular formula is C16H25BrClN3. The number of hydrogen-bond acceptors (Lipinski definition) is 3. The number of halogens is 2. The van der Waals surface area contributed by atoms with E-state index in [0.717, 1.165) is 22.6 Å². The Hall–Kier alpha value is -0.130. The molecule has 118 valence electrons. The summed E-state index contributed by atoms with van der Waals surface area (Å²) >= 11 is 9.78. The lowest BCUT2D eigenvalue weighted by atomic mass is 10.0. The first kappa shape index (κ1) is 17.2. The van der Waals surface area contributed by atoms with Gasteiger partial charge >= 0.3 is 0 Å². The van der Waals surface area contributed by atoms with E-state index in [9.17, 15) is 0 Å². The Balaban J connectivity index is 2.11. The molecule has 0 spiro atoms. The van der Waals surface area contributed by atoms with Crippen molar-refractivity contribution >= 4 is 27.5 Å². The standard InChI is InChI=1S/C16H25BrClN3/c1-3-21-8-4-5-13(21)11-20(2)16(10-19)14-9-12(18)6-7-15(14)17/h6-7,9,13,16H,3-5,8,10-11,19H2,1-2H3. The number of nitrogens with zero attached hydrogens (tertiary/aromatic N) is 2. The van der Waals surface area contributed by atoms with Crippen LogP contribution < -0.4 is 5.73 Å². The molecule has 1 fully saturated rings. The minimum Gasteiger partial charge on any atom is -0.329 e. The van der Waals surface area contributed by atoms with Crippen LogP contribution in [0.25, 0.3) is 0 Å². The highest BCUT2D eigenvalue weighted by Gasteiger charge is 2.27. The van der Waals surface area contributed by atoms with Crippen molar-refractivity contribution in [2.24, 2.45) is 5.73 Å². The molecule has 0 saturated carbocycles. The second-order valence-electron chi connectivity index (χ2n) is 5.78. The van der Waals surface area contributed by atoms with Crippen LogP contribution in [0.1, 0.15) is 31.4 Å². The zero-order valence-electron chi connectivity index (χ0n) is 12.9. The third-order valence-electron chi connectivity index (χ3n) is 4.48. The number of benzene rings is 1. The molecule has 1 heterocycles. The fraction of sp³-hybridized carbons (Fsp3) is 0.625. The van der Waals surface area contributed by atoms with Gasteiger partial charge in [0.25, 0.3) is 0 Å². The van der Waals surface area contributed by atoms with E-state index in [-0.39, 0.29) is 6.04 Å². The van der Waals surface area contributed by atoms with Crippen LogP contribution in [0, 0.1) is 0 Å². The van der Waals surface area contributed by atoms with Crippen LogP contribution in [0.15, 0.2) is 22.7 Å². The van der Waals surface area contributed by atoms with Crippen molar-refractivity contribution in [2.75, 3.05) is 33.2 Å². The van der Waals surface area contributed by atoms with Crippen LogP contribution in [0.5, 0.6) is 0 Å². The Kier molecular flexibility index (Phi) is 6.51. The van der Waals surface area contributed by atoms with Gasteiger partial charge < -0.3 is 5.73 Å². The van der Waals surface area contributed by atoms with Crippen molar-refractivity contribution in [1.82, 2.24) is 9.80 Å². The highest BCUT2D eigenvalue weighted by Crippen LogP contribution is 2.30. The molecule has 1 aliphatic heterocycles. The third-order valence-corrected chi connectivity index (χ3v) is 5.43. The number of hydrogen-bond donors (Lipinski definition) is 1. The third kappa shape index (κ3) is 4.20. The SMILES string of the molecule is CCN1CCCC1CN(C)C(CN)c1cc(Cl)ccc1Br. The average Bonchev–Trinajstić information content (AvgIpc) is 2.90. The first-order chi connectivity index (χ1) is 10.1. The van der Waals surface area contributed by atoms with Gasteiger partial charge in [-0.3, -0.25) is 9.80 Å². The van der Waals surface area contributed by atoms with E-state index in [4.69, 9.17) is 17.3 Å². The molecule has 2 atom stereocenters. The fourth-order valence-electron chi connectivity index (χ4n) is 3.29. The summed E-state index contributed by atoms with van der Waals surface area (Å²) in [5.74, 6) is 0. The Morgan fingerprint density at radius 2 is 2.29 bits per heavy atom. The van der Waals surface area contributed by atoms with E-state index in [2.05, 4.69) is 39.7 Å². The summed E-state index contributed by atoms with van der Waals surface area (Å²) in [6.07, 6.45) is 2.59. The number of likely N-dealkylation sites (tertiary alicyclic amines) is 1. The van der Waals surface area contributed by atoms with Gasteiger partial charge in [0.2, 0.25) is 0 Å². The molecule has 0 bridgehead atoms. The Labute approximate surface area is 141 Å². The normalized spacial score (nSPS) is 21.1. The molecule has 1 aromatic carbocycles. The van der Waals surface area contributed by atoms with Gasteiger partial charge in [0, 0.05) is 34.7 Å². The smallest absolute Gasteiger partial charge is 0.0479 e.